The van der Waals surface area contributed by atoms with Crippen molar-refractivity contribution >= 4 is 40.9 Å². The SMILES string of the molecule is CC(=Cc1ccc(Cl)cc1)C(O)(c1ccc(Cl)cc1Cl)C(C)CN(C)C. The zero-order valence-electron chi connectivity index (χ0n) is 15.4. The third-order valence-electron chi connectivity index (χ3n) is 4.55. The molecule has 0 bridgehead atoms. The fourth-order valence-electron chi connectivity index (χ4n) is 3.26. The Morgan fingerprint density at radius 3 is 2.19 bits per heavy atom. The number of hydrogen-bond acceptors (Lipinski definition) is 2. The minimum atomic E-state index is -1.23. The van der Waals surface area contributed by atoms with E-state index in [0.29, 0.717) is 27.2 Å². The van der Waals surface area contributed by atoms with Crippen molar-refractivity contribution < 1.29 is 5.11 Å². The molecule has 0 saturated heterocycles. The van der Waals surface area contributed by atoms with Gasteiger partial charge in [0.05, 0.1) is 0 Å². The fourth-order valence-corrected chi connectivity index (χ4v) is 3.94. The van der Waals surface area contributed by atoms with Crippen molar-refractivity contribution in [1.29, 1.82) is 0 Å². The van der Waals surface area contributed by atoms with Gasteiger partial charge in [0.15, 0.2) is 0 Å². The van der Waals surface area contributed by atoms with Crippen molar-refractivity contribution in [2.45, 2.75) is 19.4 Å². The summed E-state index contributed by atoms with van der Waals surface area (Å²) in [5.41, 5.74) is 1.19. The van der Waals surface area contributed by atoms with Crippen LogP contribution in [0.4, 0.5) is 0 Å². The Labute approximate surface area is 171 Å². The topological polar surface area (TPSA) is 23.5 Å². The molecule has 2 unspecified atom stereocenters. The van der Waals surface area contributed by atoms with Crippen molar-refractivity contribution in [3.8, 4) is 0 Å². The maximum absolute atomic E-state index is 11.8. The summed E-state index contributed by atoms with van der Waals surface area (Å²) >= 11 is 18.5. The molecule has 1 N–H and O–H groups in total. The van der Waals surface area contributed by atoms with Crippen LogP contribution in [-0.2, 0) is 5.60 Å². The van der Waals surface area contributed by atoms with Gasteiger partial charge in [-0.25, -0.2) is 0 Å². The highest BCUT2D eigenvalue weighted by Gasteiger charge is 2.39. The number of hydrogen-bond donors (Lipinski definition) is 1. The van der Waals surface area contributed by atoms with E-state index in [1.165, 1.54) is 0 Å². The Morgan fingerprint density at radius 2 is 1.65 bits per heavy atom. The molecule has 0 spiro atoms. The van der Waals surface area contributed by atoms with E-state index in [9.17, 15) is 5.11 Å². The van der Waals surface area contributed by atoms with Gasteiger partial charge in [-0.15, -0.1) is 0 Å². The van der Waals surface area contributed by atoms with Gasteiger partial charge in [0.2, 0.25) is 0 Å². The molecule has 2 aromatic carbocycles. The molecule has 0 radical (unpaired) electrons. The average Bonchev–Trinajstić information content (AvgIpc) is 2.55. The van der Waals surface area contributed by atoms with Crippen LogP contribution in [-0.4, -0.2) is 30.6 Å². The predicted molar refractivity (Wildman–Crippen MR) is 113 cm³/mol. The molecule has 0 aliphatic rings. The molecule has 5 heteroatoms. The average molecular weight is 413 g/mol. The van der Waals surface area contributed by atoms with Crippen LogP contribution in [0, 0.1) is 5.92 Å². The zero-order valence-corrected chi connectivity index (χ0v) is 17.7. The molecule has 0 saturated carbocycles. The van der Waals surface area contributed by atoms with E-state index in [1.54, 1.807) is 18.2 Å². The summed E-state index contributed by atoms with van der Waals surface area (Å²) in [4.78, 5) is 2.05. The monoisotopic (exact) mass is 411 g/mol. The summed E-state index contributed by atoms with van der Waals surface area (Å²) in [5.74, 6) is -0.0975. The first-order chi connectivity index (χ1) is 12.1. The molecular formula is C21H24Cl3NO. The van der Waals surface area contributed by atoms with Crippen molar-refractivity contribution in [3.63, 3.8) is 0 Å². The molecule has 0 aliphatic heterocycles. The van der Waals surface area contributed by atoms with Gasteiger partial charge in [-0.2, -0.15) is 0 Å². The summed E-state index contributed by atoms with van der Waals surface area (Å²) in [6, 6.07) is 12.7. The summed E-state index contributed by atoms with van der Waals surface area (Å²) in [6.45, 7) is 4.64. The second-order valence-electron chi connectivity index (χ2n) is 6.93. The van der Waals surface area contributed by atoms with E-state index < -0.39 is 5.60 Å². The van der Waals surface area contributed by atoms with E-state index in [0.717, 1.165) is 11.1 Å². The van der Waals surface area contributed by atoms with Crippen molar-refractivity contribution in [2.24, 2.45) is 5.92 Å². The first-order valence-electron chi connectivity index (χ1n) is 8.41. The normalized spacial score (nSPS) is 15.8. The van der Waals surface area contributed by atoms with Gasteiger partial charge in [0.25, 0.3) is 0 Å². The third kappa shape index (κ3) is 4.82. The molecular weight excluding hydrogens is 389 g/mol. The number of benzene rings is 2. The van der Waals surface area contributed by atoms with Gasteiger partial charge in [0, 0.05) is 33.1 Å². The van der Waals surface area contributed by atoms with Crippen LogP contribution in [0.2, 0.25) is 15.1 Å². The molecule has 0 aliphatic carbocycles. The van der Waals surface area contributed by atoms with E-state index in [2.05, 4.69) is 4.90 Å². The van der Waals surface area contributed by atoms with Gasteiger partial charge < -0.3 is 10.0 Å². The Hall–Kier alpha value is -1.03. The molecule has 0 heterocycles. The van der Waals surface area contributed by atoms with Crippen LogP contribution in [0.15, 0.2) is 48.0 Å². The van der Waals surface area contributed by atoms with Gasteiger partial charge in [-0.05, 0) is 56.4 Å². The predicted octanol–water partition coefficient (Wildman–Crippen LogP) is 6.14. The molecule has 2 atom stereocenters. The molecule has 0 amide bonds. The largest absolute Gasteiger partial charge is 0.380 e. The highest BCUT2D eigenvalue weighted by Crippen LogP contribution is 2.42. The molecule has 2 nitrogen and oxygen atoms in total. The molecule has 2 aromatic rings. The third-order valence-corrected chi connectivity index (χ3v) is 5.35. The van der Waals surface area contributed by atoms with Crippen LogP contribution in [0.25, 0.3) is 6.08 Å². The lowest BCUT2D eigenvalue weighted by atomic mass is 9.76. The maximum Gasteiger partial charge on any atom is 0.116 e. The van der Waals surface area contributed by atoms with Crippen LogP contribution in [0.5, 0.6) is 0 Å². The number of nitrogens with zero attached hydrogens (tertiary/aromatic N) is 1. The van der Waals surface area contributed by atoms with E-state index in [1.807, 2.05) is 58.3 Å². The Kier molecular flexibility index (Phi) is 7.18. The lowest BCUT2D eigenvalue weighted by Crippen LogP contribution is -2.40. The lowest BCUT2D eigenvalue weighted by molar-refractivity contribution is 0.0106. The summed E-state index contributed by atoms with van der Waals surface area (Å²) in [6.07, 6.45) is 1.97. The minimum absolute atomic E-state index is 0.0975. The van der Waals surface area contributed by atoms with E-state index in [-0.39, 0.29) is 5.92 Å². The smallest absolute Gasteiger partial charge is 0.116 e. The van der Waals surface area contributed by atoms with Gasteiger partial charge in [-0.1, -0.05) is 66.0 Å². The lowest BCUT2D eigenvalue weighted by Gasteiger charge is -2.38. The van der Waals surface area contributed by atoms with Gasteiger partial charge in [0.1, 0.15) is 5.60 Å². The number of rotatable bonds is 6. The summed E-state index contributed by atoms with van der Waals surface area (Å²) < 4.78 is 0. The Balaban J connectivity index is 2.57. The maximum atomic E-state index is 11.8. The van der Waals surface area contributed by atoms with E-state index >= 15 is 0 Å². The van der Waals surface area contributed by atoms with Gasteiger partial charge in [-0.3, -0.25) is 0 Å². The second-order valence-corrected chi connectivity index (χ2v) is 8.21. The summed E-state index contributed by atoms with van der Waals surface area (Å²) in [7, 11) is 3.97. The highest BCUT2D eigenvalue weighted by atomic mass is 35.5. The second kappa shape index (κ2) is 8.77. The van der Waals surface area contributed by atoms with Crippen molar-refractivity contribution in [1.82, 2.24) is 4.90 Å². The highest BCUT2D eigenvalue weighted by molar-refractivity contribution is 6.35. The first-order valence-corrected chi connectivity index (χ1v) is 9.55. The van der Waals surface area contributed by atoms with Crippen LogP contribution >= 0.6 is 34.8 Å². The van der Waals surface area contributed by atoms with Crippen LogP contribution < -0.4 is 0 Å². The molecule has 140 valence electrons. The minimum Gasteiger partial charge on any atom is -0.380 e. The van der Waals surface area contributed by atoms with Crippen molar-refractivity contribution in [2.75, 3.05) is 20.6 Å². The standard InChI is InChI=1S/C21H24Cl3NO/c1-14(11-16-5-7-17(22)8-6-16)21(26,15(2)13-25(3)4)19-10-9-18(23)12-20(19)24/h5-12,15,26H,13H2,1-4H3. The quantitative estimate of drug-likeness (QED) is 0.616. The summed E-state index contributed by atoms with van der Waals surface area (Å²) in [5, 5.41) is 13.5. The van der Waals surface area contributed by atoms with Crippen LogP contribution in [0.3, 0.4) is 0 Å². The Bertz CT molecular complexity index is 786. The fraction of sp³-hybridized carbons (Fsp3) is 0.333. The molecule has 26 heavy (non-hydrogen) atoms. The number of aliphatic hydroxyl groups is 1. The van der Waals surface area contributed by atoms with Crippen LogP contribution in [0.1, 0.15) is 25.0 Å². The van der Waals surface area contributed by atoms with Crippen molar-refractivity contribution in [3.05, 3.63) is 74.2 Å². The molecule has 0 aromatic heterocycles. The van der Waals surface area contributed by atoms with E-state index in [4.69, 9.17) is 34.8 Å². The zero-order chi connectivity index (χ0) is 19.5. The molecule has 0 fully saturated rings. The first kappa shape index (κ1) is 21.3. The number of halogens is 3. The molecule has 2 rings (SSSR count). The van der Waals surface area contributed by atoms with Gasteiger partial charge >= 0.3 is 0 Å². The Morgan fingerprint density at radius 1 is 1.08 bits per heavy atom.